The highest BCUT2D eigenvalue weighted by molar-refractivity contribution is 7.18. The van der Waals surface area contributed by atoms with E-state index >= 15 is 0 Å². The van der Waals surface area contributed by atoms with Gasteiger partial charge in [0, 0.05) is 16.8 Å². The number of hydrogen-bond acceptors (Lipinski definition) is 4. The summed E-state index contributed by atoms with van der Waals surface area (Å²) < 4.78 is 0. The summed E-state index contributed by atoms with van der Waals surface area (Å²) in [7, 11) is 0. The summed E-state index contributed by atoms with van der Waals surface area (Å²) in [5.74, 6) is 0.572. The molecule has 2 heterocycles. The van der Waals surface area contributed by atoms with Crippen LogP contribution in [-0.2, 0) is 6.54 Å². The first-order valence-electron chi connectivity index (χ1n) is 5.94. The van der Waals surface area contributed by atoms with Gasteiger partial charge in [0.2, 0.25) is 5.95 Å². The lowest BCUT2D eigenvalue weighted by Gasteiger charge is -2.05. The lowest BCUT2D eigenvalue weighted by Crippen LogP contribution is -2.03. The summed E-state index contributed by atoms with van der Waals surface area (Å²) in [5, 5.41) is 4.63. The molecule has 3 nitrogen and oxygen atoms in total. The van der Waals surface area contributed by atoms with Crippen LogP contribution in [0.25, 0.3) is 10.2 Å². The number of rotatable bonds is 3. The van der Waals surface area contributed by atoms with Gasteiger partial charge in [-0.15, -0.1) is 11.3 Å². The Morgan fingerprint density at radius 2 is 2.00 bits per heavy atom. The van der Waals surface area contributed by atoms with Crippen LogP contribution in [0.1, 0.15) is 10.4 Å². The number of hydrogen-bond donors (Lipinski definition) is 1. The van der Waals surface area contributed by atoms with Crippen molar-refractivity contribution in [3.8, 4) is 0 Å². The van der Waals surface area contributed by atoms with E-state index in [2.05, 4.69) is 27.4 Å². The van der Waals surface area contributed by atoms with E-state index in [0.717, 1.165) is 10.2 Å². The molecule has 0 amide bonds. The number of halogens is 1. The highest BCUT2D eigenvalue weighted by Gasteiger charge is 2.08. The molecule has 2 aromatic heterocycles. The Morgan fingerprint density at radius 1 is 1.21 bits per heavy atom. The smallest absolute Gasteiger partial charge is 0.225 e. The third kappa shape index (κ3) is 2.69. The van der Waals surface area contributed by atoms with Gasteiger partial charge in [0.15, 0.2) is 0 Å². The summed E-state index contributed by atoms with van der Waals surface area (Å²) >= 11 is 7.80. The quantitative estimate of drug-likeness (QED) is 0.732. The minimum absolute atomic E-state index is 0.505. The van der Waals surface area contributed by atoms with Crippen molar-refractivity contribution in [2.24, 2.45) is 0 Å². The van der Waals surface area contributed by atoms with Crippen LogP contribution in [0.5, 0.6) is 0 Å². The second kappa shape index (κ2) is 5.15. The van der Waals surface area contributed by atoms with Gasteiger partial charge in [-0.1, -0.05) is 41.9 Å². The van der Waals surface area contributed by atoms with Crippen LogP contribution in [-0.4, -0.2) is 9.97 Å². The van der Waals surface area contributed by atoms with E-state index < -0.39 is 0 Å². The highest BCUT2D eigenvalue weighted by Crippen LogP contribution is 2.29. The lowest BCUT2D eigenvalue weighted by molar-refractivity contribution is 1.07. The van der Waals surface area contributed by atoms with E-state index in [1.54, 1.807) is 11.3 Å². The molecule has 0 aliphatic rings. The first-order valence-corrected chi connectivity index (χ1v) is 7.13. The molecule has 5 heteroatoms. The first-order chi connectivity index (χ1) is 9.22. The fraction of sp³-hybridized carbons (Fsp3) is 0.143. The van der Waals surface area contributed by atoms with Crippen molar-refractivity contribution in [2.75, 3.05) is 5.32 Å². The van der Waals surface area contributed by atoms with Crippen molar-refractivity contribution in [2.45, 2.75) is 13.5 Å². The zero-order valence-corrected chi connectivity index (χ0v) is 11.9. The fourth-order valence-electron chi connectivity index (χ4n) is 1.86. The molecule has 0 radical (unpaired) electrons. The van der Waals surface area contributed by atoms with E-state index in [0.29, 0.717) is 17.6 Å². The monoisotopic (exact) mass is 289 g/mol. The minimum atomic E-state index is 0.505. The summed E-state index contributed by atoms with van der Waals surface area (Å²) in [6.45, 7) is 2.73. The molecule has 0 fully saturated rings. The van der Waals surface area contributed by atoms with E-state index in [1.165, 1.54) is 10.4 Å². The summed E-state index contributed by atoms with van der Waals surface area (Å²) in [6, 6.07) is 12.2. The van der Waals surface area contributed by atoms with Gasteiger partial charge in [-0.05, 0) is 18.6 Å². The third-order valence-electron chi connectivity index (χ3n) is 2.76. The van der Waals surface area contributed by atoms with E-state index in [1.807, 2.05) is 31.2 Å². The Balaban J connectivity index is 1.85. The second-order valence-electron chi connectivity index (χ2n) is 4.25. The zero-order valence-electron chi connectivity index (χ0n) is 10.4. The van der Waals surface area contributed by atoms with Crippen LogP contribution in [0.2, 0.25) is 5.15 Å². The van der Waals surface area contributed by atoms with Gasteiger partial charge in [0.05, 0.1) is 0 Å². The largest absolute Gasteiger partial charge is 0.350 e. The van der Waals surface area contributed by atoms with Crippen molar-refractivity contribution < 1.29 is 0 Å². The molecule has 0 saturated heterocycles. The number of thiophene rings is 1. The number of nitrogens with zero attached hydrogens (tertiary/aromatic N) is 2. The molecule has 0 aliphatic carbocycles. The van der Waals surface area contributed by atoms with E-state index in [-0.39, 0.29) is 0 Å². The van der Waals surface area contributed by atoms with Crippen molar-refractivity contribution in [1.29, 1.82) is 0 Å². The van der Waals surface area contributed by atoms with Gasteiger partial charge in [-0.25, -0.2) is 9.97 Å². The minimum Gasteiger partial charge on any atom is -0.350 e. The van der Waals surface area contributed by atoms with Crippen molar-refractivity contribution in [3.05, 3.63) is 52.0 Å². The van der Waals surface area contributed by atoms with Gasteiger partial charge >= 0.3 is 0 Å². The predicted molar refractivity (Wildman–Crippen MR) is 80.9 cm³/mol. The number of benzene rings is 1. The molecule has 0 saturated carbocycles. The first kappa shape index (κ1) is 12.4. The Kier molecular flexibility index (Phi) is 3.36. The average molecular weight is 290 g/mol. The van der Waals surface area contributed by atoms with Crippen molar-refractivity contribution >= 4 is 39.1 Å². The molecule has 0 unspecified atom stereocenters. The number of aromatic nitrogens is 2. The van der Waals surface area contributed by atoms with Crippen LogP contribution < -0.4 is 5.32 Å². The molecule has 1 N–H and O–H groups in total. The van der Waals surface area contributed by atoms with Crippen LogP contribution in [0.15, 0.2) is 36.4 Å². The van der Waals surface area contributed by atoms with Crippen LogP contribution in [0.3, 0.4) is 0 Å². The summed E-state index contributed by atoms with van der Waals surface area (Å²) in [6.07, 6.45) is 0. The van der Waals surface area contributed by atoms with Crippen LogP contribution in [0.4, 0.5) is 5.95 Å². The number of fused-ring (bicyclic) bond motifs is 1. The van der Waals surface area contributed by atoms with Gasteiger partial charge in [0.25, 0.3) is 0 Å². The maximum absolute atomic E-state index is 6.17. The Morgan fingerprint density at radius 3 is 2.79 bits per heavy atom. The summed E-state index contributed by atoms with van der Waals surface area (Å²) in [4.78, 5) is 10.9. The van der Waals surface area contributed by atoms with Gasteiger partial charge < -0.3 is 5.32 Å². The standard InChI is InChI=1S/C14H12ClN3S/c1-9-7-11-12(15)17-14(18-13(11)19-9)16-8-10-5-3-2-4-6-10/h2-7H,8H2,1H3,(H,16,17,18). The number of nitrogens with one attached hydrogen (secondary N) is 1. The molecular formula is C14H12ClN3S. The lowest BCUT2D eigenvalue weighted by atomic mass is 10.2. The van der Waals surface area contributed by atoms with Crippen LogP contribution in [0, 0.1) is 6.92 Å². The van der Waals surface area contributed by atoms with Gasteiger partial charge in [-0.2, -0.15) is 0 Å². The Hall–Kier alpha value is -1.65. The molecule has 0 aliphatic heterocycles. The maximum Gasteiger partial charge on any atom is 0.225 e. The number of aryl methyl sites for hydroxylation is 1. The average Bonchev–Trinajstić information content (AvgIpc) is 2.79. The molecule has 3 rings (SSSR count). The molecule has 96 valence electrons. The molecule has 3 aromatic rings. The molecule has 19 heavy (non-hydrogen) atoms. The van der Waals surface area contributed by atoms with Crippen molar-refractivity contribution in [1.82, 2.24) is 9.97 Å². The topological polar surface area (TPSA) is 37.8 Å². The highest BCUT2D eigenvalue weighted by atomic mass is 35.5. The van der Waals surface area contributed by atoms with E-state index in [9.17, 15) is 0 Å². The third-order valence-corrected chi connectivity index (χ3v) is 4.00. The van der Waals surface area contributed by atoms with E-state index in [4.69, 9.17) is 11.6 Å². The molecule has 0 bridgehead atoms. The number of anilines is 1. The molecular weight excluding hydrogens is 278 g/mol. The normalized spacial score (nSPS) is 10.8. The van der Waals surface area contributed by atoms with Gasteiger partial charge in [0.1, 0.15) is 9.98 Å². The Labute approximate surface area is 120 Å². The van der Waals surface area contributed by atoms with Crippen molar-refractivity contribution in [3.63, 3.8) is 0 Å². The summed E-state index contributed by atoms with van der Waals surface area (Å²) in [5.41, 5.74) is 1.18. The second-order valence-corrected chi connectivity index (χ2v) is 5.85. The van der Waals surface area contributed by atoms with Gasteiger partial charge in [-0.3, -0.25) is 0 Å². The van der Waals surface area contributed by atoms with Crippen LogP contribution >= 0.6 is 22.9 Å². The molecule has 0 spiro atoms. The Bertz CT molecular complexity index is 709. The maximum atomic E-state index is 6.17. The SMILES string of the molecule is Cc1cc2c(Cl)nc(NCc3ccccc3)nc2s1. The molecule has 0 atom stereocenters. The molecule has 1 aromatic carbocycles. The fourth-order valence-corrected chi connectivity index (χ4v) is 3.02. The predicted octanol–water partition coefficient (Wildman–Crippen LogP) is 4.27. The zero-order chi connectivity index (χ0) is 13.2.